The summed E-state index contributed by atoms with van der Waals surface area (Å²) in [5.74, 6) is 1.38. The standard InChI is InChI=1S/C20H24N8/c1-26(2)16-5-3-15(4-6-16)24-19-22-12-18-17(7-9-28(18)25-19)14-11-23-20-21-8-10-27(20)13-14/h7-13,15-16H,3-6H2,1-2H3,(H,24,25)/t15-,16+. The minimum Gasteiger partial charge on any atom is -0.350 e. The van der Waals surface area contributed by atoms with Crippen LogP contribution in [0.2, 0.25) is 0 Å². The van der Waals surface area contributed by atoms with E-state index >= 15 is 0 Å². The van der Waals surface area contributed by atoms with E-state index in [4.69, 9.17) is 0 Å². The van der Waals surface area contributed by atoms with E-state index in [0.717, 1.165) is 29.5 Å². The number of fused-ring (bicyclic) bond motifs is 2. The van der Waals surface area contributed by atoms with E-state index in [-0.39, 0.29) is 0 Å². The van der Waals surface area contributed by atoms with Crippen LogP contribution in [0.5, 0.6) is 0 Å². The number of hydrogen-bond acceptors (Lipinski definition) is 6. The minimum atomic E-state index is 0.441. The van der Waals surface area contributed by atoms with Crippen molar-refractivity contribution in [2.75, 3.05) is 19.4 Å². The van der Waals surface area contributed by atoms with Gasteiger partial charge in [0.2, 0.25) is 11.7 Å². The summed E-state index contributed by atoms with van der Waals surface area (Å²) in [5, 5.41) is 8.18. The lowest BCUT2D eigenvalue weighted by Gasteiger charge is -2.32. The first kappa shape index (κ1) is 17.1. The first-order chi connectivity index (χ1) is 13.7. The van der Waals surface area contributed by atoms with Crippen LogP contribution >= 0.6 is 0 Å². The van der Waals surface area contributed by atoms with Gasteiger partial charge < -0.3 is 10.2 Å². The van der Waals surface area contributed by atoms with Gasteiger partial charge in [-0.15, -0.1) is 5.10 Å². The maximum Gasteiger partial charge on any atom is 0.241 e. The molecule has 1 saturated carbocycles. The predicted octanol–water partition coefficient (Wildman–Crippen LogP) is 2.72. The van der Waals surface area contributed by atoms with Crippen molar-refractivity contribution >= 4 is 17.2 Å². The Hall–Kier alpha value is -3.00. The second-order valence-electron chi connectivity index (χ2n) is 7.73. The molecule has 4 aromatic heterocycles. The molecule has 0 unspecified atom stereocenters. The van der Waals surface area contributed by atoms with Crippen LogP contribution in [-0.2, 0) is 0 Å². The maximum atomic E-state index is 4.67. The average molecular weight is 376 g/mol. The van der Waals surface area contributed by atoms with Gasteiger partial charge in [0, 0.05) is 54.2 Å². The van der Waals surface area contributed by atoms with Crippen molar-refractivity contribution in [2.45, 2.75) is 37.8 Å². The summed E-state index contributed by atoms with van der Waals surface area (Å²) in [6.45, 7) is 0. The maximum absolute atomic E-state index is 4.67. The zero-order chi connectivity index (χ0) is 19.1. The molecule has 0 aliphatic heterocycles. The summed E-state index contributed by atoms with van der Waals surface area (Å²) < 4.78 is 3.80. The fraction of sp³-hybridized carbons (Fsp3) is 0.400. The number of imidazole rings is 1. The molecule has 0 aromatic carbocycles. The van der Waals surface area contributed by atoms with E-state index in [1.807, 2.05) is 39.9 Å². The van der Waals surface area contributed by atoms with Gasteiger partial charge in [-0.05, 0) is 45.8 Å². The van der Waals surface area contributed by atoms with Gasteiger partial charge in [0.15, 0.2) is 0 Å². The topological polar surface area (TPSA) is 75.6 Å². The van der Waals surface area contributed by atoms with Crippen molar-refractivity contribution in [3.8, 4) is 11.1 Å². The zero-order valence-corrected chi connectivity index (χ0v) is 16.2. The molecular weight excluding hydrogens is 352 g/mol. The molecule has 0 radical (unpaired) electrons. The molecule has 0 amide bonds. The quantitative estimate of drug-likeness (QED) is 0.590. The van der Waals surface area contributed by atoms with Crippen LogP contribution in [0.25, 0.3) is 22.4 Å². The van der Waals surface area contributed by atoms with Crippen LogP contribution < -0.4 is 5.32 Å². The highest BCUT2D eigenvalue weighted by Gasteiger charge is 2.23. The van der Waals surface area contributed by atoms with Crippen molar-refractivity contribution in [3.63, 3.8) is 0 Å². The number of nitrogens with one attached hydrogen (secondary N) is 1. The highest BCUT2D eigenvalue weighted by Crippen LogP contribution is 2.26. The van der Waals surface area contributed by atoms with Crippen molar-refractivity contribution in [1.29, 1.82) is 0 Å². The fourth-order valence-corrected chi connectivity index (χ4v) is 4.09. The molecule has 8 nitrogen and oxygen atoms in total. The number of anilines is 1. The first-order valence-electron chi connectivity index (χ1n) is 9.74. The van der Waals surface area contributed by atoms with Gasteiger partial charge in [0.1, 0.15) is 0 Å². The molecule has 8 heteroatoms. The number of aromatic nitrogens is 6. The zero-order valence-electron chi connectivity index (χ0n) is 16.2. The Morgan fingerprint density at radius 2 is 1.89 bits per heavy atom. The molecule has 0 saturated heterocycles. The van der Waals surface area contributed by atoms with Crippen LogP contribution in [0.3, 0.4) is 0 Å². The highest BCUT2D eigenvalue weighted by atomic mass is 15.3. The van der Waals surface area contributed by atoms with Crippen LogP contribution in [0.15, 0.2) is 43.2 Å². The van der Waals surface area contributed by atoms with E-state index < -0.39 is 0 Å². The summed E-state index contributed by atoms with van der Waals surface area (Å²) in [6, 6.07) is 3.18. The van der Waals surface area contributed by atoms with Gasteiger partial charge in [-0.3, -0.25) is 4.40 Å². The number of nitrogens with zero attached hydrogens (tertiary/aromatic N) is 7. The van der Waals surface area contributed by atoms with E-state index in [1.54, 1.807) is 6.20 Å². The molecule has 4 aromatic rings. The molecule has 0 spiro atoms. The summed E-state index contributed by atoms with van der Waals surface area (Å²) in [6.07, 6.45) is 16.1. The van der Waals surface area contributed by atoms with Crippen LogP contribution in [0.1, 0.15) is 25.7 Å². The van der Waals surface area contributed by atoms with Gasteiger partial charge >= 0.3 is 0 Å². The summed E-state index contributed by atoms with van der Waals surface area (Å²) in [7, 11) is 4.33. The number of rotatable bonds is 4. The largest absolute Gasteiger partial charge is 0.350 e. The van der Waals surface area contributed by atoms with E-state index in [0.29, 0.717) is 23.8 Å². The third-order valence-corrected chi connectivity index (χ3v) is 5.73. The first-order valence-corrected chi connectivity index (χ1v) is 9.74. The Kier molecular flexibility index (Phi) is 4.20. The summed E-state index contributed by atoms with van der Waals surface area (Å²) >= 11 is 0. The predicted molar refractivity (Wildman–Crippen MR) is 108 cm³/mol. The van der Waals surface area contributed by atoms with Crippen LogP contribution in [-0.4, -0.2) is 60.0 Å². The Morgan fingerprint density at radius 3 is 2.71 bits per heavy atom. The Bertz CT molecular complexity index is 1100. The minimum absolute atomic E-state index is 0.441. The van der Waals surface area contributed by atoms with Crippen molar-refractivity contribution in [3.05, 3.63) is 43.2 Å². The van der Waals surface area contributed by atoms with Gasteiger partial charge in [-0.25, -0.2) is 19.5 Å². The molecule has 1 fully saturated rings. The average Bonchev–Trinajstić information content (AvgIpc) is 3.34. The molecule has 144 valence electrons. The monoisotopic (exact) mass is 376 g/mol. The molecular formula is C20H24N8. The summed E-state index contributed by atoms with van der Waals surface area (Å²) in [4.78, 5) is 15.5. The van der Waals surface area contributed by atoms with E-state index in [1.165, 1.54) is 12.8 Å². The van der Waals surface area contributed by atoms with Gasteiger partial charge in [0.25, 0.3) is 0 Å². The molecule has 0 bridgehead atoms. The highest BCUT2D eigenvalue weighted by molar-refractivity contribution is 5.79. The molecule has 5 rings (SSSR count). The van der Waals surface area contributed by atoms with Crippen molar-refractivity contribution < 1.29 is 0 Å². The van der Waals surface area contributed by atoms with Gasteiger partial charge in [-0.2, -0.15) is 0 Å². The third-order valence-electron chi connectivity index (χ3n) is 5.73. The normalized spacial score (nSPS) is 20.2. The Balaban J connectivity index is 1.36. The molecule has 1 aliphatic rings. The van der Waals surface area contributed by atoms with E-state index in [2.05, 4.69) is 50.4 Å². The lowest BCUT2D eigenvalue weighted by atomic mass is 9.91. The third kappa shape index (κ3) is 3.09. The van der Waals surface area contributed by atoms with Gasteiger partial charge in [-0.1, -0.05) is 0 Å². The number of hydrogen-bond donors (Lipinski definition) is 1. The molecule has 1 N–H and O–H groups in total. The molecule has 1 aliphatic carbocycles. The molecule has 0 atom stereocenters. The van der Waals surface area contributed by atoms with Gasteiger partial charge in [0.05, 0.1) is 11.7 Å². The smallest absolute Gasteiger partial charge is 0.241 e. The molecule has 4 heterocycles. The lowest BCUT2D eigenvalue weighted by Crippen LogP contribution is -2.36. The van der Waals surface area contributed by atoms with Crippen LogP contribution in [0, 0.1) is 0 Å². The Labute approximate surface area is 163 Å². The van der Waals surface area contributed by atoms with E-state index in [9.17, 15) is 0 Å². The fourth-order valence-electron chi connectivity index (χ4n) is 4.09. The van der Waals surface area contributed by atoms with Crippen molar-refractivity contribution in [2.24, 2.45) is 0 Å². The SMILES string of the molecule is CN(C)[C@H]1CC[C@@H](Nc2ncc3c(-c4cnc5nccn5c4)ccn3n2)CC1. The second-order valence-corrected chi connectivity index (χ2v) is 7.73. The second kappa shape index (κ2) is 6.87. The van der Waals surface area contributed by atoms with Crippen LogP contribution in [0.4, 0.5) is 5.95 Å². The Morgan fingerprint density at radius 1 is 1.04 bits per heavy atom. The van der Waals surface area contributed by atoms with Crippen molar-refractivity contribution in [1.82, 2.24) is 33.9 Å². The molecule has 28 heavy (non-hydrogen) atoms. The lowest BCUT2D eigenvalue weighted by molar-refractivity contribution is 0.221. The summed E-state index contributed by atoms with van der Waals surface area (Å²) in [5.41, 5.74) is 3.03.